The number of thiophene rings is 1. The topological polar surface area (TPSA) is 121 Å². The van der Waals surface area contributed by atoms with Crippen LogP contribution >= 0.6 is 11.3 Å². The van der Waals surface area contributed by atoms with E-state index in [1.54, 1.807) is 35.2 Å². The number of ketones is 1. The number of nitrogens with two attached hydrogens (primary N) is 1. The highest BCUT2D eigenvalue weighted by molar-refractivity contribution is 7.22. The van der Waals surface area contributed by atoms with Crippen LogP contribution in [0.15, 0.2) is 59.4 Å². The molecule has 10 heteroatoms. The molecule has 220 valence electrons. The van der Waals surface area contributed by atoms with Gasteiger partial charge in [-0.3, -0.25) is 19.0 Å². The summed E-state index contributed by atoms with van der Waals surface area (Å²) in [5.74, 6) is -0.314. The molecule has 1 fully saturated rings. The lowest BCUT2D eigenvalue weighted by molar-refractivity contribution is -0.0339. The van der Waals surface area contributed by atoms with E-state index in [1.807, 2.05) is 45.0 Å². The second kappa shape index (κ2) is 11.6. The number of likely N-dealkylation sites (tertiary alicyclic amines) is 1. The van der Waals surface area contributed by atoms with Crippen molar-refractivity contribution in [3.05, 3.63) is 75.4 Å². The fraction of sp³-hybridized carbons (Fsp3) is 0.375. The normalized spacial score (nSPS) is 16.4. The highest BCUT2D eigenvalue weighted by atomic mass is 32.1. The van der Waals surface area contributed by atoms with Gasteiger partial charge in [0.05, 0.1) is 29.9 Å². The molecule has 4 aromatic rings. The van der Waals surface area contributed by atoms with Gasteiger partial charge >= 0.3 is 6.09 Å². The molecule has 5 rings (SSSR count). The number of amides is 2. The fourth-order valence-electron chi connectivity index (χ4n) is 5.91. The van der Waals surface area contributed by atoms with Crippen molar-refractivity contribution in [2.45, 2.75) is 58.7 Å². The highest BCUT2D eigenvalue weighted by Gasteiger charge is 2.42. The van der Waals surface area contributed by atoms with Gasteiger partial charge in [-0.25, -0.2) is 4.79 Å². The van der Waals surface area contributed by atoms with Crippen LogP contribution in [0.4, 0.5) is 4.79 Å². The lowest BCUT2D eigenvalue weighted by Crippen LogP contribution is -2.55. The summed E-state index contributed by atoms with van der Waals surface area (Å²) in [6.07, 6.45) is 0.800. The number of para-hydroxylation sites is 1. The lowest BCUT2D eigenvalue weighted by Gasteiger charge is -2.44. The second-order valence-electron chi connectivity index (χ2n) is 11.7. The SMILES string of the molecule is COc1c(C(=O)N2CCCCC2C(OC(N)=O)C(C)(C)C)sc2c1c(=O)n(CC(=O)c1ccccc1)c1ccccc21. The van der Waals surface area contributed by atoms with Crippen molar-refractivity contribution in [1.82, 2.24) is 9.47 Å². The van der Waals surface area contributed by atoms with Crippen LogP contribution in [0.25, 0.3) is 21.0 Å². The van der Waals surface area contributed by atoms with Gasteiger partial charge < -0.3 is 20.1 Å². The molecule has 3 heterocycles. The fourth-order valence-corrected chi connectivity index (χ4v) is 7.16. The zero-order chi connectivity index (χ0) is 30.2. The smallest absolute Gasteiger partial charge is 0.404 e. The van der Waals surface area contributed by atoms with E-state index in [9.17, 15) is 19.2 Å². The maximum absolute atomic E-state index is 14.3. The molecule has 2 atom stereocenters. The highest BCUT2D eigenvalue weighted by Crippen LogP contribution is 2.42. The van der Waals surface area contributed by atoms with E-state index in [-0.39, 0.29) is 29.4 Å². The number of ether oxygens (including phenoxy) is 2. The molecule has 1 saturated heterocycles. The first kappa shape index (κ1) is 29.3. The van der Waals surface area contributed by atoms with Crippen molar-refractivity contribution in [3.8, 4) is 5.75 Å². The number of hydrogen-bond acceptors (Lipinski definition) is 7. The molecule has 2 aromatic carbocycles. The first-order chi connectivity index (χ1) is 20.0. The van der Waals surface area contributed by atoms with E-state index in [1.165, 1.54) is 23.0 Å². The summed E-state index contributed by atoms with van der Waals surface area (Å²) in [7, 11) is 1.44. The Morgan fingerprint density at radius 2 is 1.74 bits per heavy atom. The number of primary amides is 1. The third-order valence-corrected chi connectivity index (χ3v) is 9.01. The van der Waals surface area contributed by atoms with Crippen LogP contribution in [-0.2, 0) is 11.3 Å². The van der Waals surface area contributed by atoms with Crippen LogP contribution in [0.5, 0.6) is 5.75 Å². The van der Waals surface area contributed by atoms with Gasteiger partial charge in [0.1, 0.15) is 16.4 Å². The number of aromatic nitrogens is 1. The molecule has 0 aliphatic carbocycles. The Labute approximate surface area is 247 Å². The molecule has 42 heavy (non-hydrogen) atoms. The minimum absolute atomic E-state index is 0.159. The minimum atomic E-state index is -0.885. The van der Waals surface area contributed by atoms with Gasteiger partial charge in [-0.2, -0.15) is 0 Å². The quantitative estimate of drug-likeness (QED) is 0.280. The molecular formula is C32H35N3O6S. The molecule has 9 nitrogen and oxygen atoms in total. The average molecular weight is 590 g/mol. The molecule has 2 amide bonds. The Hall–Kier alpha value is -4.18. The summed E-state index contributed by atoms with van der Waals surface area (Å²) in [6.45, 7) is 6.15. The number of benzene rings is 2. The predicted molar refractivity (Wildman–Crippen MR) is 164 cm³/mol. The van der Waals surface area contributed by atoms with Crippen LogP contribution in [0.3, 0.4) is 0 Å². The van der Waals surface area contributed by atoms with Crippen LogP contribution < -0.4 is 16.0 Å². The Kier molecular flexibility index (Phi) is 8.10. The Balaban J connectivity index is 1.65. The molecule has 0 bridgehead atoms. The van der Waals surface area contributed by atoms with Crippen molar-refractivity contribution >= 4 is 50.1 Å². The second-order valence-corrected chi connectivity index (χ2v) is 12.7. The molecular weight excluding hydrogens is 554 g/mol. The molecule has 0 radical (unpaired) electrons. The third kappa shape index (κ3) is 5.38. The van der Waals surface area contributed by atoms with Gasteiger partial charge in [0, 0.05) is 22.9 Å². The predicted octanol–water partition coefficient (Wildman–Crippen LogP) is 5.61. The number of methoxy groups -OCH3 is 1. The van der Waals surface area contributed by atoms with Gasteiger partial charge in [-0.1, -0.05) is 69.3 Å². The van der Waals surface area contributed by atoms with E-state index in [2.05, 4.69) is 0 Å². The monoisotopic (exact) mass is 589 g/mol. The largest absolute Gasteiger partial charge is 0.494 e. The van der Waals surface area contributed by atoms with E-state index in [0.29, 0.717) is 33.6 Å². The summed E-state index contributed by atoms with van der Waals surface area (Å²) >= 11 is 1.21. The molecule has 2 N–H and O–H groups in total. The van der Waals surface area contributed by atoms with Gasteiger partial charge in [0.25, 0.3) is 11.5 Å². The number of Topliss-reactive ketones (excluding diaryl/α,β-unsaturated/α-hetero) is 1. The Morgan fingerprint density at radius 3 is 2.40 bits per heavy atom. The Bertz CT molecular complexity index is 1720. The maximum Gasteiger partial charge on any atom is 0.404 e. The van der Waals surface area contributed by atoms with Gasteiger partial charge in [-0.15, -0.1) is 11.3 Å². The summed E-state index contributed by atoms with van der Waals surface area (Å²) in [4.78, 5) is 55.4. The van der Waals surface area contributed by atoms with Crippen molar-refractivity contribution in [3.63, 3.8) is 0 Å². The van der Waals surface area contributed by atoms with E-state index >= 15 is 0 Å². The number of nitrogens with zero attached hydrogens (tertiary/aromatic N) is 2. The standard InChI is InChI=1S/C32H35N3O6S/c1-32(2,3)28(41-31(33)39)22-16-10-11-17-34(22)30(38)27-25(40-4)24-26(42-27)20-14-8-9-15-21(20)35(29(24)37)18-23(36)19-12-6-5-7-13-19/h5-9,12-15,22,28H,10-11,16-18H2,1-4H3,(H2,33,39). The molecule has 0 saturated carbocycles. The summed E-state index contributed by atoms with van der Waals surface area (Å²) in [5, 5.41) is 1.01. The van der Waals surface area contributed by atoms with Crippen LogP contribution in [-0.4, -0.2) is 53.1 Å². The average Bonchev–Trinajstić information content (AvgIpc) is 3.37. The summed E-state index contributed by atoms with van der Waals surface area (Å²) in [6, 6.07) is 15.8. The van der Waals surface area contributed by atoms with Crippen molar-refractivity contribution < 1.29 is 23.9 Å². The van der Waals surface area contributed by atoms with Gasteiger partial charge in [0.2, 0.25) is 0 Å². The zero-order valence-electron chi connectivity index (χ0n) is 24.2. The van der Waals surface area contributed by atoms with Gasteiger partial charge in [-0.05, 0) is 25.3 Å². The molecule has 1 aliphatic rings. The van der Waals surface area contributed by atoms with E-state index in [0.717, 1.165) is 18.2 Å². The van der Waals surface area contributed by atoms with Crippen LogP contribution in [0, 0.1) is 5.41 Å². The molecule has 2 unspecified atom stereocenters. The van der Waals surface area contributed by atoms with E-state index < -0.39 is 29.2 Å². The summed E-state index contributed by atoms with van der Waals surface area (Å²) < 4.78 is 13.4. The minimum Gasteiger partial charge on any atom is -0.494 e. The van der Waals surface area contributed by atoms with Crippen molar-refractivity contribution in [2.24, 2.45) is 11.1 Å². The number of rotatable bonds is 7. The third-order valence-electron chi connectivity index (χ3n) is 7.82. The van der Waals surface area contributed by atoms with Crippen LogP contribution in [0.1, 0.15) is 60.1 Å². The molecule has 2 aromatic heterocycles. The van der Waals surface area contributed by atoms with Crippen molar-refractivity contribution in [2.75, 3.05) is 13.7 Å². The maximum atomic E-state index is 14.3. The van der Waals surface area contributed by atoms with Crippen molar-refractivity contribution in [1.29, 1.82) is 0 Å². The lowest BCUT2D eigenvalue weighted by atomic mass is 9.80. The molecule has 1 aliphatic heterocycles. The zero-order valence-corrected chi connectivity index (χ0v) is 25.0. The summed E-state index contributed by atoms with van der Waals surface area (Å²) in [5.41, 5.74) is 5.66. The van der Waals surface area contributed by atoms with Crippen LogP contribution in [0.2, 0.25) is 0 Å². The first-order valence-corrected chi connectivity index (χ1v) is 14.8. The first-order valence-electron chi connectivity index (χ1n) is 14.0. The van der Waals surface area contributed by atoms with E-state index in [4.69, 9.17) is 15.2 Å². The van der Waals surface area contributed by atoms with Gasteiger partial charge in [0.15, 0.2) is 11.5 Å². The number of carbonyl (C=O) groups is 3. The number of pyridine rings is 1. The molecule has 0 spiro atoms. The number of hydrogen-bond donors (Lipinski definition) is 1. The Morgan fingerprint density at radius 1 is 1.05 bits per heavy atom. The number of piperidine rings is 1. The number of fused-ring (bicyclic) bond motifs is 3. The number of carbonyl (C=O) groups excluding carboxylic acids is 3.